The van der Waals surface area contributed by atoms with Crippen LogP contribution in [0, 0.1) is 6.92 Å². The summed E-state index contributed by atoms with van der Waals surface area (Å²) in [6.45, 7) is 2.60. The Morgan fingerprint density at radius 2 is 2.27 bits per heavy atom. The average Bonchev–Trinajstić information content (AvgIpc) is 2.26. The van der Waals surface area contributed by atoms with Gasteiger partial charge in [0.05, 0.1) is 20.3 Å². The summed E-state index contributed by atoms with van der Waals surface area (Å²) < 4.78 is 10.6. The third-order valence-corrected chi connectivity index (χ3v) is 1.90. The minimum Gasteiger partial charge on any atom is -0.493 e. The molecule has 0 saturated carbocycles. The Kier molecular flexibility index (Phi) is 4.31. The highest BCUT2D eigenvalue weighted by molar-refractivity contribution is 5.45. The molecule has 0 aromatic heterocycles. The molecule has 0 aliphatic carbocycles. The van der Waals surface area contributed by atoms with Crippen molar-refractivity contribution in [3.63, 3.8) is 0 Å². The lowest BCUT2D eigenvalue weighted by Crippen LogP contribution is -2.03. The standard InChI is InChI=1S/C10H13N3O2/c1-8-4-3-5-9(14-2)10(8)15-7-6-12-13-11/h3-5H,6-7H2,1-2H3. The van der Waals surface area contributed by atoms with Gasteiger partial charge >= 0.3 is 0 Å². The number of nitrogens with zero attached hydrogens (tertiary/aromatic N) is 3. The molecule has 0 bridgehead atoms. The van der Waals surface area contributed by atoms with Crippen LogP contribution in [0.4, 0.5) is 0 Å². The molecule has 1 aromatic carbocycles. The fraction of sp³-hybridized carbons (Fsp3) is 0.400. The van der Waals surface area contributed by atoms with E-state index in [4.69, 9.17) is 15.0 Å². The second kappa shape index (κ2) is 5.78. The predicted octanol–water partition coefficient (Wildman–Crippen LogP) is 2.69. The second-order valence-electron chi connectivity index (χ2n) is 2.91. The molecule has 5 nitrogen and oxygen atoms in total. The summed E-state index contributed by atoms with van der Waals surface area (Å²) in [6.07, 6.45) is 0. The van der Waals surface area contributed by atoms with Gasteiger partial charge in [-0.2, -0.15) is 0 Å². The molecular formula is C10H13N3O2. The summed E-state index contributed by atoms with van der Waals surface area (Å²) in [5.74, 6) is 1.39. The zero-order valence-electron chi connectivity index (χ0n) is 8.80. The van der Waals surface area contributed by atoms with Crippen molar-refractivity contribution in [2.75, 3.05) is 20.3 Å². The third kappa shape index (κ3) is 3.07. The van der Waals surface area contributed by atoms with E-state index in [9.17, 15) is 0 Å². The molecule has 0 saturated heterocycles. The molecule has 5 heteroatoms. The first-order valence-corrected chi connectivity index (χ1v) is 4.57. The molecule has 0 fully saturated rings. The average molecular weight is 207 g/mol. The van der Waals surface area contributed by atoms with Gasteiger partial charge in [-0.1, -0.05) is 17.2 Å². The van der Waals surface area contributed by atoms with E-state index in [1.807, 2.05) is 25.1 Å². The Balaban J connectivity index is 2.69. The smallest absolute Gasteiger partial charge is 0.164 e. The van der Waals surface area contributed by atoms with E-state index in [0.717, 1.165) is 5.56 Å². The fourth-order valence-electron chi connectivity index (χ4n) is 1.20. The summed E-state index contributed by atoms with van der Waals surface area (Å²) in [7, 11) is 1.59. The van der Waals surface area contributed by atoms with Crippen LogP contribution in [0.5, 0.6) is 11.5 Å². The van der Waals surface area contributed by atoms with Gasteiger partial charge in [0.25, 0.3) is 0 Å². The lowest BCUT2D eigenvalue weighted by molar-refractivity contribution is 0.300. The van der Waals surface area contributed by atoms with E-state index in [-0.39, 0.29) is 0 Å². The monoisotopic (exact) mass is 207 g/mol. The zero-order valence-corrected chi connectivity index (χ0v) is 8.80. The van der Waals surface area contributed by atoms with Gasteiger partial charge in [0, 0.05) is 4.91 Å². The number of benzene rings is 1. The Hall–Kier alpha value is -1.87. The summed E-state index contributed by atoms with van der Waals surface area (Å²) in [5.41, 5.74) is 9.09. The van der Waals surface area contributed by atoms with E-state index in [0.29, 0.717) is 24.7 Å². The Labute approximate surface area is 88.3 Å². The number of hydrogen-bond donors (Lipinski definition) is 0. The number of ether oxygens (including phenoxy) is 2. The number of rotatable bonds is 5. The van der Waals surface area contributed by atoms with Gasteiger partial charge in [-0.25, -0.2) is 0 Å². The van der Waals surface area contributed by atoms with Crippen molar-refractivity contribution in [1.29, 1.82) is 0 Å². The highest BCUT2D eigenvalue weighted by atomic mass is 16.5. The molecular weight excluding hydrogens is 194 g/mol. The van der Waals surface area contributed by atoms with Crippen LogP contribution in [0.25, 0.3) is 10.4 Å². The molecule has 0 unspecified atom stereocenters. The van der Waals surface area contributed by atoms with E-state index < -0.39 is 0 Å². The van der Waals surface area contributed by atoms with Crippen molar-refractivity contribution < 1.29 is 9.47 Å². The summed E-state index contributed by atoms with van der Waals surface area (Å²) in [5, 5.41) is 3.39. The van der Waals surface area contributed by atoms with Crippen LogP contribution in [-0.4, -0.2) is 20.3 Å². The first kappa shape index (κ1) is 11.2. The second-order valence-corrected chi connectivity index (χ2v) is 2.91. The molecule has 0 aliphatic heterocycles. The number of aryl methyl sites for hydroxylation is 1. The van der Waals surface area contributed by atoms with Crippen molar-refractivity contribution >= 4 is 0 Å². The first-order chi connectivity index (χ1) is 7.29. The lowest BCUT2D eigenvalue weighted by atomic mass is 10.2. The molecule has 1 rings (SSSR count). The topological polar surface area (TPSA) is 67.2 Å². The maximum Gasteiger partial charge on any atom is 0.164 e. The van der Waals surface area contributed by atoms with Gasteiger partial charge in [-0.15, -0.1) is 0 Å². The number of methoxy groups -OCH3 is 1. The van der Waals surface area contributed by atoms with E-state index in [2.05, 4.69) is 10.0 Å². The van der Waals surface area contributed by atoms with Gasteiger partial charge in [0.2, 0.25) is 0 Å². The largest absolute Gasteiger partial charge is 0.493 e. The van der Waals surface area contributed by atoms with Crippen molar-refractivity contribution in [2.45, 2.75) is 6.92 Å². The van der Waals surface area contributed by atoms with Crippen LogP contribution in [0.3, 0.4) is 0 Å². The number of hydrogen-bond acceptors (Lipinski definition) is 3. The van der Waals surface area contributed by atoms with Crippen molar-refractivity contribution in [1.82, 2.24) is 0 Å². The van der Waals surface area contributed by atoms with Crippen LogP contribution < -0.4 is 9.47 Å². The SMILES string of the molecule is COc1cccc(C)c1OCCN=[N+]=[N-]. The third-order valence-electron chi connectivity index (χ3n) is 1.90. The highest BCUT2D eigenvalue weighted by Crippen LogP contribution is 2.30. The maximum absolute atomic E-state index is 8.10. The summed E-state index contributed by atoms with van der Waals surface area (Å²) >= 11 is 0. The minimum absolute atomic E-state index is 0.313. The van der Waals surface area contributed by atoms with Crippen molar-refractivity contribution in [3.05, 3.63) is 34.2 Å². The van der Waals surface area contributed by atoms with Crippen LogP contribution in [0.15, 0.2) is 23.3 Å². The normalized spacial score (nSPS) is 9.20. The maximum atomic E-state index is 8.10. The van der Waals surface area contributed by atoms with Crippen LogP contribution in [0.2, 0.25) is 0 Å². The van der Waals surface area contributed by atoms with Crippen molar-refractivity contribution in [3.8, 4) is 11.5 Å². The zero-order chi connectivity index (χ0) is 11.1. The van der Waals surface area contributed by atoms with Gasteiger partial charge in [-0.3, -0.25) is 0 Å². The molecule has 0 amide bonds. The Morgan fingerprint density at radius 3 is 2.93 bits per heavy atom. The molecule has 15 heavy (non-hydrogen) atoms. The van der Waals surface area contributed by atoms with Gasteiger partial charge in [-0.05, 0) is 24.1 Å². The molecule has 0 atom stereocenters. The minimum atomic E-state index is 0.313. The van der Waals surface area contributed by atoms with E-state index in [1.54, 1.807) is 7.11 Å². The Morgan fingerprint density at radius 1 is 1.47 bits per heavy atom. The summed E-state index contributed by atoms with van der Waals surface area (Å²) in [6, 6.07) is 5.66. The fourth-order valence-corrected chi connectivity index (χ4v) is 1.20. The molecule has 0 radical (unpaired) electrons. The van der Waals surface area contributed by atoms with Gasteiger partial charge < -0.3 is 9.47 Å². The molecule has 1 aromatic rings. The van der Waals surface area contributed by atoms with Gasteiger partial charge in [0.1, 0.15) is 0 Å². The molecule has 0 heterocycles. The molecule has 0 N–H and O–H groups in total. The lowest BCUT2D eigenvalue weighted by Gasteiger charge is -2.11. The van der Waals surface area contributed by atoms with Crippen molar-refractivity contribution in [2.24, 2.45) is 5.11 Å². The first-order valence-electron chi connectivity index (χ1n) is 4.57. The molecule has 0 aliphatic rings. The number of azide groups is 1. The molecule has 0 spiro atoms. The van der Waals surface area contributed by atoms with E-state index >= 15 is 0 Å². The van der Waals surface area contributed by atoms with E-state index in [1.165, 1.54) is 0 Å². The summed E-state index contributed by atoms with van der Waals surface area (Å²) in [4.78, 5) is 2.65. The molecule has 80 valence electrons. The number of para-hydroxylation sites is 1. The quantitative estimate of drug-likeness (QED) is 0.322. The predicted molar refractivity (Wildman–Crippen MR) is 57.2 cm³/mol. The van der Waals surface area contributed by atoms with Crippen LogP contribution in [-0.2, 0) is 0 Å². The highest BCUT2D eigenvalue weighted by Gasteiger charge is 2.06. The van der Waals surface area contributed by atoms with Crippen LogP contribution in [0.1, 0.15) is 5.56 Å². The van der Waals surface area contributed by atoms with Gasteiger partial charge in [0.15, 0.2) is 11.5 Å². The van der Waals surface area contributed by atoms with Crippen LogP contribution >= 0.6 is 0 Å². The Bertz CT molecular complexity index is 373.